The highest BCUT2D eigenvalue weighted by Gasteiger charge is 2.51. The van der Waals surface area contributed by atoms with Gasteiger partial charge >= 0.3 is 11.9 Å². The Morgan fingerprint density at radius 1 is 1.26 bits per heavy atom. The number of rotatable bonds is 13. The summed E-state index contributed by atoms with van der Waals surface area (Å²) in [4.78, 5) is 50.3. The van der Waals surface area contributed by atoms with Gasteiger partial charge in [0.2, 0.25) is 0 Å². The number of fused-ring (bicyclic) bond motifs is 1. The van der Waals surface area contributed by atoms with Crippen molar-refractivity contribution in [2.75, 3.05) is 7.11 Å². The number of carbonyl (C=O) groups is 4. The standard InChI is InChI=1S/C31H47NO6/c1-9-10-11-20(4)15-21(5)29(35)38-27-12-13-28(32-25(14-19(2)3)30(36)37-8)31(7)17-23(22(6)18-33)26(34)16-24(27)31/h15-16,18-20,23,25,27-28,32H,6,9-14,17H2,1-5,7-8H3/b21-15+/t20?,23-,25-,27+,28-,31-/m0/s1. The fourth-order valence-corrected chi connectivity index (χ4v) is 5.86. The van der Waals surface area contributed by atoms with Gasteiger partial charge in [0.1, 0.15) is 18.4 Å². The predicted octanol–water partition coefficient (Wildman–Crippen LogP) is 5.29. The number of carbonyl (C=O) groups excluding carboxylic acids is 4. The Kier molecular flexibility index (Phi) is 11.7. The number of allylic oxidation sites excluding steroid dienone is 3. The minimum Gasteiger partial charge on any atom is -0.468 e. The van der Waals surface area contributed by atoms with E-state index in [9.17, 15) is 19.2 Å². The zero-order valence-electron chi connectivity index (χ0n) is 24.3. The van der Waals surface area contributed by atoms with Gasteiger partial charge in [0.15, 0.2) is 5.78 Å². The van der Waals surface area contributed by atoms with Crippen LogP contribution in [-0.2, 0) is 28.7 Å². The van der Waals surface area contributed by atoms with Crippen LogP contribution in [0.3, 0.4) is 0 Å². The van der Waals surface area contributed by atoms with Crippen LogP contribution >= 0.6 is 0 Å². The Hall–Kier alpha value is -2.54. The SMILES string of the molecule is C=C(C=O)[C@@H]1C[C@@]2(C)C(=CC1=O)[C@H](OC(=O)/C(C)=C/C(C)CCCC)CC[C@@H]2N[C@@H](CC(C)C)C(=O)OC. The number of hydrogen-bond donors (Lipinski definition) is 1. The summed E-state index contributed by atoms with van der Waals surface area (Å²) >= 11 is 0. The molecule has 6 atom stereocenters. The molecule has 0 aromatic rings. The van der Waals surface area contributed by atoms with Crippen LogP contribution in [-0.4, -0.2) is 49.3 Å². The van der Waals surface area contributed by atoms with Crippen LogP contribution in [0.2, 0.25) is 0 Å². The molecule has 1 saturated carbocycles. The van der Waals surface area contributed by atoms with E-state index in [0.717, 1.165) is 24.8 Å². The van der Waals surface area contributed by atoms with Crippen LogP contribution in [0.5, 0.6) is 0 Å². The third-order valence-corrected chi connectivity index (χ3v) is 8.08. The zero-order valence-corrected chi connectivity index (χ0v) is 24.3. The summed E-state index contributed by atoms with van der Waals surface area (Å²) in [6, 6.07) is -0.699. The number of hydrogen-bond acceptors (Lipinski definition) is 7. The van der Waals surface area contributed by atoms with E-state index in [0.29, 0.717) is 37.5 Å². The quantitative estimate of drug-likeness (QED) is 0.197. The molecule has 2 aliphatic carbocycles. The molecule has 0 aromatic heterocycles. The molecule has 0 heterocycles. The van der Waals surface area contributed by atoms with E-state index in [-0.39, 0.29) is 41.2 Å². The van der Waals surface area contributed by atoms with Crippen LogP contribution in [0.25, 0.3) is 0 Å². The molecule has 1 fully saturated rings. The van der Waals surface area contributed by atoms with E-state index in [1.54, 1.807) is 13.0 Å². The molecule has 0 aliphatic heterocycles. The molecule has 0 saturated heterocycles. The number of ketones is 1. The first-order chi connectivity index (χ1) is 17.9. The van der Waals surface area contributed by atoms with Gasteiger partial charge in [0.25, 0.3) is 0 Å². The molecular weight excluding hydrogens is 482 g/mol. The van der Waals surface area contributed by atoms with Crippen molar-refractivity contribution in [1.82, 2.24) is 5.32 Å². The van der Waals surface area contributed by atoms with Gasteiger partial charge in [-0.25, -0.2) is 4.79 Å². The third-order valence-electron chi connectivity index (χ3n) is 8.08. The summed E-state index contributed by atoms with van der Waals surface area (Å²) < 4.78 is 11.1. The fraction of sp³-hybridized carbons (Fsp3) is 0.677. The first kappa shape index (κ1) is 31.7. The summed E-state index contributed by atoms with van der Waals surface area (Å²) in [5, 5.41) is 3.52. The molecule has 2 rings (SSSR count). The van der Waals surface area contributed by atoms with Crippen molar-refractivity contribution in [1.29, 1.82) is 0 Å². The van der Waals surface area contributed by atoms with E-state index in [1.807, 2.05) is 26.8 Å². The second-order valence-electron chi connectivity index (χ2n) is 11.7. The molecule has 7 nitrogen and oxygen atoms in total. The predicted molar refractivity (Wildman–Crippen MR) is 148 cm³/mol. The highest BCUT2D eigenvalue weighted by molar-refractivity contribution is 6.00. The Bertz CT molecular complexity index is 963. The van der Waals surface area contributed by atoms with Gasteiger partial charge in [-0.15, -0.1) is 0 Å². The second-order valence-corrected chi connectivity index (χ2v) is 11.7. The molecule has 0 spiro atoms. The normalized spacial score (nSPS) is 27.2. The van der Waals surface area contributed by atoms with Gasteiger partial charge in [-0.2, -0.15) is 0 Å². The largest absolute Gasteiger partial charge is 0.468 e. The first-order valence-corrected chi connectivity index (χ1v) is 14.0. The van der Waals surface area contributed by atoms with E-state index >= 15 is 0 Å². The van der Waals surface area contributed by atoms with Crippen LogP contribution in [0.15, 0.2) is 35.5 Å². The summed E-state index contributed by atoms with van der Waals surface area (Å²) in [6.45, 7) is 15.9. The Morgan fingerprint density at radius 2 is 1.95 bits per heavy atom. The van der Waals surface area contributed by atoms with Gasteiger partial charge in [-0.05, 0) is 68.1 Å². The maximum Gasteiger partial charge on any atom is 0.333 e. The monoisotopic (exact) mass is 529 g/mol. The van der Waals surface area contributed by atoms with Crippen molar-refractivity contribution in [3.63, 3.8) is 0 Å². The Balaban J connectivity index is 2.38. The number of ether oxygens (including phenoxy) is 2. The summed E-state index contributed by atoms with van der Waals surface area (Å²) in [6.07, 6.45) is 8.89. The van der Waals surface area contributed by atoms with Crippen LogP contribution < -0.4 is 5.32 Å². The molecule has 0 radical (unpaired) electrons. The molecule has 7 heteroatoms. The molecule has 0 aromatic carbocycles. The summed E-state index contributed by atoms with van der Waals surface area (Å²) in [7, 11) is 1.38. The number of aldehydes is 1. The van der Waals surface area contributed by atoms with E-state index in [4.69, 9.17) is 9.47 Å². The number of unbranched alkanes of at least 4 members (excludes halogenated alkanes) is 1. The average Bonchev–Trinajstić information content (AvgIpc) is 2.87. The lowest BCUT2D eigenvalue weighted by molar-refractivity contribution is -0.146. The van der Waals surface area contributed by atoms with Crippen molar-refractivity contribution < 1.29 is 28.7 Å². The lowest BCUT2D eigenvalue weighted by Gasteiger charge is -2.51. The maximum absolute atomic E-state index is 13.1. The lowest BCUT2D eigenvalue weighted by Crippen LogP contribution is -2.58. The summed E-state index contributed by atoms with van der Waals surface area (Å²) in [5.74, 6) is -1.04. The third kappa shape index (κ3) is 7.75. The van der Waals surface area contributed by atoms with Crippen LogP contribution in [0, 0.1) is 23.2 Å². The second kappa shape index (κ2) is 14.0. The lowest BCUT2D eigenvalue weighted by atomic mass is 9.58. The van der Waals surface area contributed by atoms with Crippen molar-refractivity contribution >= 4 is 24.0 Å². The highest BCUT2D eigenvalue weighted by atomic mass is 16.5. The van der Waals surface area contributed by atoms with Crippen LogP contribution in [0.1, 0.15) is 86.5 Å². The molecule has 2 aliphatic rings. The maximum atomic E-state index is 13.1. The molecule has 0 amide bonds. The molecule has 212 valence electrons. The molecular formula is C31H47NO6. The van der Waals surface area contributed by atoms with Crippen molar-refractivity contribution in [2.45, 2.75) is 105 Å². The molecule has 1 N–H and O–H groups in total. The van der Waals surface area contributed by atoms with Gasteiger partial charge in [0.05, 0.1) is 13.0 Å². The van der Waals surface area contributed by atoms with Crippen molar-refractivity contribution in [2.24, 2.45) is 23.2 Å². The van der Waals surface area contributed by atoms with E-state index in [2.05, 4.69) is 25.7 Å². The zero-order chi connectivity index (χ0) is 28.6. The molecule has 1 unspecified atom stereocenters. The van der Waals surface area contributed by atoms with Crippen LogP contribution in [0.4, 0.5) is 0 Å². The van der Waals surface area contributed by atoms with Gasteiger partial charge in [0, 0.05) is 17.0 Å². The fourth-order valence-electron chi connectivity index (χ4n) is 5.86. The number of esters is 2. The smallest absolute Gasteiger partial charge is 0.333 e. The Labute approximate surface area is 228 Å². The average molecular weight is 530 g/mol. The van der Waals surface area contributed by atoms with Gasteiger partial charge in [-0.3, -0.25) is 14.4 Å². The van der Waals surface area contributed by atoms with E-state index < -0.39 is 23.5 Å². The summed E-state index contributed by atoms with van der Waals surface area (Å²) in [5.41, 5.74) is 0.891. The van der Waals surface area contributed by atoms with Crippen molar-refractivity contribution in [3.05, 3.63) is 35.5 Å². The minimum atomic E-state index is -0.650. The highest BCUT2D eigenvalue weighted by Crippen LogP contribution is 2.50. The Morgan fingerprint density at radius 3 is 2.53 bits per heavy atom. The first-order valence-electron chi connectivity index (χ1n) is 14.0. The van der Waals surface area contributed by atoms with Crippen molar-refractivity contribution in [3.8, 4) is 0 Å². The minimum absolute atomic E-state index is 0.188. The molecule has 0 bridgehead atoms. The number of nitrogens with one attached hydrogen (secondary N) is 1. The molecule has 38 heavy (non-hydrogen) atoms. The topological polar surface area (TPSA) is 98.8 Å². The van der Waals surface area contributed by atoms with E-state index in [1.165, 1.54) is 7.11 Å². The number of methoxy groups -OCH3 is 1. The van der Waals surface area contributed by atoms with Gasteiger partial charge < -0.3 is 14.8 Å². The van der Waals surface area contributed by atoms with Gasteiger partial charge in [-0.1, -0.05) is 60.1 Å².